The average molecular weight is 391 g/mol. The summed E-state index contributed by atoms with van der Waals surface area (Å²) in [5, 5.41) is 10.3. The van der Waals surface area contributed by atoms with Gasteiger partial charge in [-0.25, -0.2) is 0 Å². The van der Waals surface area contributed by atoms with Crippen LogP contribution in [0.25, 0.3) is 0 Å². The van der Waals surface area contributed by atoms with Gasteiger partial charge in [0, 0.05) is 24.7 Å². The first-order valence-corrected chi connectivity index (χ1v) is 11.2. The van der Waals surface area contributed by atoms with Crippen molar-refractivity contribution in [3.05, 3.63) is 0 Å². The molecule has 1 spiro atoms. The zero-order valence-corrected chi connectivity index (χ0v) is 17.4. The first-order chi connectivity index (χ1) is 13.2. The second kappa shape index (κ2) is 6.04. The highest BCUT2D eigenvalue weighted by Gasteiger charge is 2.76. The number of hydrogen-bond donors (Lipinski definition) is 1. The number of hydrogen-bond acceptors (Lipinski definition) is 5. The van der Waals surface area contributed by atoms with Crippen LogP contribution in [0.5, 0.6) is 0 Å². The highest BCUT2D eigenvalue weighted by molar-refractivity contribution is 5.85. The maximum Gasteiger partial charge on any atom is 0.303 e. The number of carbonyl (C=O) groups is 2. The summed E-state index contributed by atoms with van der Waals surface area (Å²) in [6, 6.07) is 0. The molecule has 5 fully saturated rings. The lowest BCUT2D eigenvalue weighted by atomic mass is 9.44. The van der Waals surface area contributed by atoms with Gasteiger partial charge in [-0.3, -0.25) is 9.59 Å². The van der Waals surface area contributed by atoms with Gasteiger partial charge >= 0.3 is 5.97 Å². The summed E-state index contributed by atoms with van der Waals surface area (Å²) in [6.07, 6.45) is 8.20. The Labute approximate surface area is 167 Å². The summed E-state index contributed by atoms with van der Waals surface area (Å²) in [7, 11) is 0. The van der Waals surface area contributed by atoms with Crippen molar-refractivity contribution in [3.63, 3.8) is 0 Å². The molecule has 156 valence electrons. The Bertz CT molecular complexity index is 705. The minimum Gasteiger partial charge on any atom is -0.458 e. The van der Waals surface area contributed by atoms with Crippen LogP contribution in [0.1, 0.15) is 72.1 Å². The maximum atomic E-state index is 12.8. The van der Waals surface area contributed by atoms with Crippen molar-refractivity contribution in [1.29, 1.82) is 0 Å². The van der Waals surface area contributed by atoms with E-state index in [1.165, 1.54) is 6.92 Å². The number of ketones is 1. The molecule has 0 radical (unpaired) electrons. The number of fused-ring (bicyclic) bond motifs is 4. The third-order valence-corrected chi connectivity index (χ3v) is 9.87. The lowest BCUT2D eigenvalue weighted by molar-refractivity contribution is -0.150. The van der Waals surface area contributed by atoms with E-state index in [0.29, 0.717) is 23.9 Å². The molecule has 4 aliphatic carbocycles. The third-order valence-electron chi connectivity index (χ3n) is 9.87. The maximum absolute atomic E-state index is 12.8. The first kappa shape index (κ1) is 19.0. The van der Waals surface area contributed by atoms with Crippen molar-refractivity contribution < 1.29 is 24.2 Å². The lowest BCUT2D eigenvalue weighted by Crippen LogP contribution is -2.58. The average Bonchev–Trinajstić information content (AvgIpc) is 3.21. The van der Waals surface area contributed by atoms with E-state index in [1.54, 1.807) is 0 Å². The molecule has 0 aromatic carbocycles. The molecule has 1 saturated heterocycles. The molecule has 5 nitrogen and oxygen atoms in total. The first-order valence-electron chi connectivity index (χ1n) is 11.2. The molecule has 0 amide bonds. The Balaban J connectivity index is 1.38. The third kappa shape index (κ3) is 2.38. The van der Waals surface area contributed by atoms with E-state index >= 15 is 0 Å². The Morgan fingerprint density at radius 1 is 1.11 bits per heavy atom. The van der Waals surface area contributed by atoms with E-state index in [-0.39, 0.29) is 46.8 Å². The van der Waals surface area contributed by atoms with Crippen LogP contribution in [0, 0.1) is 34.5 Å². The zero-order chi connectivity index (χ0) is 19.9. The highest BCUT2D eigenvalue weighted by Crippen LogP contribution is 2.73. The van der Waals surface area contributed by atoms with Crippen molar-refractivity contribution in [2.24, 2.45) is 34.5 Å². The van der Waals surface area contributed by atoms with Crippen molar-refractivity contribution in [3.8, 4) is 0 Å². The standard InChI is InChI=1S/C23H34O5/c1-13(24)27-12-19(26)18-5-4-16-15-10-20-23(28-20)11-14(25)6-9-22(23,3)17(15)7-8-21(16,18)2/h14-18,20,25H,4-12H2,1-3H3/t14-,15+,16-,17+,18+,20+,21-,22-,23+/m1/s1. The van der Waals surface area contributed by atoms with Gasteiger partial charge in [-0.05, 0) is 68.1 Å². The summed E-state index contributed by atoms with van der Waals surface area (Å²) < 4.78 is 11.4. The van der Waals surface area contributed by atoms with E-state index in [1.807, 2.05) is 0 Å². The summed E-state index contributed by atoms with van der Waals surface area (Å²) >= 11 is 0. The predicted octanol–water partition coefficient (Wildman–Crippen LogP) is 3.27. The van der Waals surface area contributed by atoms with Crippen molar-refractivity contribution in [2.45, 2.75) is 89.9 Å². The van der Waals surface area contributed by atoms with Gasteiger partial charge in [0.15, 0.2) is 5.78 Å². The largest absolute Gasteiger partial charge is 0.458 e. The predicted molar refractivity (Wildman–Crippen MR) is 102 cm³/mol. The van der Waals surface area contributed by atoms with Gasteiger partial charge in [0.2, 0.25) is 0 Å². The second-order valence-corrected chi connectivity index (χ2v) is 10.8. The fourth-order valence-electron chi connectivity index (χ4n) is 8.46. The molecular weight excluding hydrogens is 356 g/mol. The number of Topliss-reactive ketones (excluding diaryl/α,β-unsaturated/α-hetero) is 1. The second-order valence-electron chi connectivity index (χ2n) is 10.8. The van der Waals surface area contributed by atoms with Crippen LogP contribution in [-0.2, 0) is 19.1 Å². The Morgan fingerprint density at radius 2 is 1.89 bits per heavy atom. The number of aliphatic hydroxyl groups is 1. The number of epoxide rings is 1. The fourth-order valence-corrected chi connectivity index (χ4v) is 8.46. The molecule has 1 aliphatic heterocycles. The smallest absolute Gasteiger partial charge is 0.303 e. The summed E-state index contributed by atoms with van der Waals surface area (Å²) in [5.74, 6) is 1.57. The van der Waals surface area contributed by atoms with Crippen molar-refractivity contribution >= 4 is 11.8 Å². The lowest BCUT2D eigenvalue weighted by Gasteiger charge is -2.59. The molecule has 28 heavy (non-hydrogen) atoms. The molecule has 0 aromatic heterocycles. The molecule has 0 aromatic rings. The fraction of sp³-hybridized carbons (Fsp3) is 0.913. The van der Waals surface area contributed by atoms with Gasteiger partial charge in [-0.15, -0.1) is 0 Å². The van der Waals surface area contributed by atoms with Crippen LogP contribution < -0.4 is 0 Å². The van der Waals surface area contributed by atoms with Crippen LogP contribution >= 0.6 is 0 Å². The number of esters is 1. The van der Waals surface area contributed by atoms with Gasteiger partial charge in [-0.1, -0.05) is 13.8 Å². The number of ether oxygens (including phenoxy) is 2. The minimum absolute atomic E-state index is 0.0191. The van der Waals surface area contributed by atoms with E-state index in [2.05, 4.69) is 13.8 Å². The molecule has 4 saturated carbocycles. The summed E-state index contributed by atoms with van der Waals surface area (Å²) in [6.45, 7) is 6.04. The summed E-state index contributed by atoms with van der Waals surface area (Å²) in [4.78, 5) is 24.0. The molecule has 5 rings (SSSR count). The molecule has 9 atom stereocenters. The topological polar surface area (TPSA) is 76.1 Å². The van der Waals surface area contributed by atoms with Crippen molar-refractivity contribution in [2.75, 3.05) is 6.61 Å². The Hall–Kier alpha value is -0.940. The van der Waals surface area contributed by atoms with Gasteiger partial charge < -0.3 is 14.6 Å². The SMILES string of the molecule is CC(=O)OCC(=O)[C@@H]1CC[C@@H]2[C@@H]3C[C@@H]4O[C@@]45C[C@H](O)CC[C@]5(C)[C@H]3CC[C@]21C. The van der Waals surface area contributed by atoms with Gasteiger partial charge in [0.25, 0.3) is 0 Å². The van der Waals surface area contributed by atoms with Gasteiger partial charge in [0.1, 0.15) is 12.2 Å². The molecule has 0 bridgehead atoms. The molecular formula is C23H34O5. The summed E-state index contributed by atoms with van der Waals surface area (Å²) in [5.41, 5.74) is 0.113. The van der Waals surface area contributed by atoms with Crippen LogP contribution in [-0.4, -0.2) is 41.3 Å². The van der Waals surface area contributed by atoms with Crippen LogP contribution in [0.15, 0.2) is 0 Å². The van der Waals surface area contributed by atoms with Crippen LogP contribution in [0.4, 0.5) is 0 Å². The highest BCUT2D eigenvalue weighted by atomic mass is 16.6. The normalized spacial score (nSPS) is 54.0. The Kier molecular flexibility index (Phi) is 4.11. The minimum atomic E-state index is -0.376. The van der Waals surface area contributed by atoms with E-state index < -0.39 is 0 Å². The molecule has 5 heteroatoms. The molecule has 1 heterocycles. The van der Waals surface area contributed by atoms with Gasteiger partial charge in [0.05, 0.1) is 12.2 Å². The molecule has 1 N–H and O–H groups in total. The van der Waals surface area contributed by atoms with Crippen LogP contribution in [0.3, 0.4) is 0 Å². The number of rotatable bonds is 3. The zero-order valence-electron chi connectivity index (χ0n) is 17.4. The van der Waals surface area contributed by atoms with Crippen LogP contribution in [0.2, 0.25) is 0 Å². The Morgan fingerprint density at radius 3 is 2.64 bits per heavy atom. The van der Waals surface area contributed by atoms with E-state index in [0.717, 1.165) is 51.4 Å². The number of aliphatic hydroxyl groups excluding tert-OH is 1. The van der Waals surface area contributed by atoms with Crippen molar-refractivity contribution in [1.82, 2.24) is 0 Å². The quantitative estimate of drug-likeness (QED) is 0.591. The van der Waals surface area contributed by atoms with E-state index in [9.17, 15) is 14.7 Å². The molecule has 5 aliphatic rings. The van der Waals surface area contributed by atoms with Gasteiger partial charge in [-0.2, -0.15) is 0 Å². The molecule has 0 unspecified atom stereocenters. The number of carbonyl (C=O) groups excluding carboxylic acids is 2. The van der Waals surface area contributed by atoms with E-state index in [4.69, 9.17) is 9.47 Å². The monoisotopic (exact) mass is 390 g/mol.